The highest BCUT2D eigenvalue weighted by atomic mass is 35.5. The molecule has 9 heteroatoms. The van der Waals surface area contributed by atoms with E-state index in [0.29, 0.717) is 17.1 Å². The second kappa shape index (κ2) is 9.85. The number of rotatable bonds is 4. The van der Waals surface area contributed by atoms with Gasteiger partial charge in [-0.15, -0.1) is 0 Å². The van der Waals surface area contributed by atoms with E-state index >= 15 is 0 Å². The van der Waals surface area contributed by atoms with Crippen LogP contribution < -0.4 is 4.90 Å². The number of nitrogens with one attached hydrogen (secondary N) is 1. The molecule has 0 bridgehead atoms. The van der Waals surface area contributed by atoms with E-state index in [4.69, 9.17) is 33.7 Å². The number of hydrogen-bond donors (Lipinski definition) is 1. The number of carbonyl (C=O) groups is 2. The van der Waals surface area contributed by atoms with Crippen molar-refractivity contribution in [2.75, 3.05) is 4.90 Å². The van der Waals surface area contributed by atoms with Gasteiger partial charge >= 0.3 is 0 Å². The first-order valence-electron chi connectivity index (χ1n) is 11.0. The number of hydrogen-bond acceptors (Lipinski definition) is 5. The third-order valence-corrected chi connectivity index (χ3v) is 7.73. The standard InChI is InChI=1S/C26H20Cl2N4O2S/c27-19-12-11-18(13-20(19)28)31-24(33)15-23(25(31)34)35-26(29)32-22(17-9-5-2-6-10-17)14-21(30-32)16-7-3-1-4-8-16/h1-13,22-23,29H,14-15H2/t22-,23+/m0/s1. The van der Waals surface area contributed by atoms with Gasteiger partial charge in [0.2, 0.25) is 11.8 Å². The number of nitrogens with zero attached hydrogens (tertiary/aromatic N) is 3. The van der Waals surface area contributed by atoms with Crippen molar-refractivity contribution in [3.8, 4) is 0 Å². The maximum atomic E-state index is 13.2. The van der Waals surface area contributed by atoms with E-state index in [0.717, 1.165) is 33.5 Å². The molecule has 176 valence electrons. The fraction of sp³-hybridized carbons (Fsp3) is 0.154. The average Bonchev–Trinajstić information content (AvgIpc) is 3.43. The normalized spacial score (nSPS) is 19.9. The van der Waals surface area contributed by atoms with E-state index in [9.17, 15) is 9.59 Å². The van der Waals surface area contributed by atoms with Crippen LogP contribution in [0, 0.1) is 5.41 Å². The van der Waals surface area contributed by atoms with Crippen LogP contribution in [0.5, 0.6) is 0 Å². The molecule has 2 amide bonds. The Morgan fingerprint density at radius 1 is 0.914 bits per heavy atom. The van der Waals surface area contributed by atoms with Crippen LogP contribution in [-0.4, -0.2) is 33.0 Å². The number of anilines is 1. The van der Waals surface area contributed by atoms with Crippen LogP contribution in [0.3, 0.4) is 0 Å². The van der Waals surface area contributed by atoms with Gasteiger partial charge in [-0.25, -0.2) is 9.91 Å². The van der Waals surface area contributed by atoms with Crippen molar-refractivity contribution in [3.63, 3.8) is 0 Å². The van der Waals surface area contributed by atoms with Gasteiger partial charge in [-0.1, -0.05) is 95.6 Å². The van der Waals surface area contributed by atoms with Crippen LogP contribution >= 0.6 is 35.0 Å². The molecule has 0 aromatic heterocycles. The maximum absolute atomic E-state index is 13.2. The van der Waals surface area contributed by atoms with Crippen LogP contribution in [-0.2, 0) is 9.59 Å². The summed E-state index contributed by atoms with van der Waals surface area (Å²) in [5.74, 6) is -0.723. The summed E-state index contributed by atoms with van der Waals surface area (Å²) in [6.07, 6.45) is 0.620. The lowest BCUT2D eigenvalue weighted by Gasteiger charge is -2.24. The zero-order valence-corrected chi connectivity index (χ0v) is 20.7. The molecule has 0 saturated carbocycles. The molecule has 0 unspecified atom stereocenters. The molecule has 3 aromatic carbocycles. The summed E-state index contributed by atoms with van der Waals surface area (Å²) in [6, 6.07) is 24.2. The molecule has 0 radical (unpaired) electrons. The molecule has 0 spiro atoms. The highest BCUT2D eigenvalue weighted by Crippen LogP contribution is 2.38. The Morgan fingerprint density at radius 3 is 2.29 bits per heavy atom. The fourth-order valence-corrected chi connectivity index (χ4v) is 5.49. The third-order valence-electron chi connectivity index (χ3n) is 5.93. The largest absolute Gasteiger partial charge is 0.277 e. The lowest BCUT2D eigenvalue weighted by atomic mass is 9.99. The molecule has 0 aliphatic carbocycles. The SMILES string of the molecule is N=C(S[C@@H]1CC(=O)N(c2ccc(Cl)c(Cl)c2)C1=O)N1N=C(c2ccccc2)C[C@H]1c1ccccc1. The lowest BCUT2D eigenvalue weighted by Crippen LogP contribution is -2.32. The molecule has 6 nitrogen and oxygen atoms in total. The van der Waals surface area contributed by atoms with Gasteiger partial charge in [0.1, 0.15) is 5.25 Å². The van der Waals surface area contributed by atoms with Gasteiger partial charge in [0.05, 0.1) is 27.5 Å². The highest BCUT2D eigenvalue weighted by molar-refractivity contribution is 8.14. The van der Waals surface area contributed by atoms with Crippen molar-refractivity contribution in [2.45, 2.75) is 24.1 Å². The van der Waals surface area contributed by atoms with Gasteiger partial charge in [0.25, 0.3) is 0 Å². The van der Waals surface area contributed by atoms with Gasteiger partial charge in [0, 0.05) is 12.8 Å². The second-order valence-corrected chi connectivity index (χ2v) is 10.2. The minimum Gasteiger partial charge on any atom is -0.277 e. The molecule has 1 N–H and O–H groups in total. The van der Waals surface area contributed by atoms with Crippen LogP contribution in [0.15, 0.2) is 84.0 Å². The van der Waals surface area contributed by atoms with E-state index in [1.807, 2.05) is 60.7 Å². The number of amidine groups is 1. The van der Waals surface area contributed by atoms with Crippen LogP contribution in [0.4, 0.5) is 5.69 Å². The predicted octanol–water partition coefficient (Wildman–Crippen LogP) is 6.14. The van der Waals surface area contributed by atoms with Crippen molar-refractivity contribution in [2.24, 2.45) is 5.10 Å². The molecular weight excluding hydrogens is 503 g/mol. The van der Waals surface area contributed by atoms with Gasteiger partial charge in [-0.05, 0) is 29.3 Å². The Labute approximate surface area is 217 Å². The number of imide groups is 1. The smallest absolute Gasteiger partial charge is 0.247 e. The molecule has 2 heterocycles. The summed E-state index contributed by atoms with van der Waals surface area (Å²) in [5, 5.41) is 15.2. The molecule has 5 rings (SSSR count). The molecule has 1 saturated heterocycles. The number of benzene rings is 3. The second-order valence-electron chi connectivity index (χ2n) is 8.17. The van der Waals surface area contributed by atoms with Crippen molar-refractivity contribution >= 4 is 63.3 Å². The lowest BCUT2D eigenvalue weighted by molar-refractivity contribution is -0.121. The molecule has 2 aliphatic rings. The highest BCUT2D eigenvalue weighted by Gasteiger charge is 2.42. The summed E-state index contributed by atoms with van der Waals surface area (Å²) >= 11 is 13.1. The number of amides is 2. The Balaban J connectivity index is 1.39. The van der Waals surface area contributed by atoms with Gasteiger partial charge in [-0.3, -0.25) is 15.0 Å². The monoisotopic (exact) mass is 522 g/mol. The fourth-order valence-electron chi connectivity index (χ4n) is 4.22. The molecular formula is C26H20Cl2N4O2S. The molecule has 1 fully saturated rings. The van der Waals surface area contributed by atoms with Crippen molar-refractivity contribution < 1.29 is 9.59 Å². The van der Waals surface area contributed by atoms with Crippen molar-refractivity contribution in [1.82, 2.24) is 5.01 Å². The van der Waals surface area contributed by atoms with E-state index in [-0.39, 0.29) is 34.5 Å². The maximum Gasteiger partial charge on any atom is 0.247 e. The van der Waals surface area contributed by atoms with E-state index in [1.54, 1.807) is 17.1 Å². The summed E-state index contributed by atoms with van der Waals surface area (Å²) < 4.78 is 0. The van der Waals surface area contributed by atoms with Crippen molar-refractivity contribution in [1.29, 1.82) is 5.41 Å². The summed E-state index contributed by atoms with van der Waals surface area (Å²) in [4.78, 5) is 27.0. The summed E-state index contributed by atoms with van der Waals surface area (Å²) in [6.45, 7) is 0. The third kappa shape index (κ3) is 4.72. The Hall–Kier alpha value is -3.13. The van der Waals surface area contributed by atoms with E-state index in [1.165, 1.54) is 6.07 Å². The van der Waals surface area contributed by atoms with Crippen molar-refractivity contribution in [3.05, 3.63) is 100 Å². The number of hydrazone groups is 1. The van der Waals surface area contributed by atoms with E-state index < -0.39 is 5.25 Å². The number of thioether (sulfide) groups is 1. The molecule has 2 aliphatic heterocycles. The average molecular weight is 523 g/mol. The Morgan fingerprint density at radius 2 is 1.60 bits per heavy atom. The molecule has 2 atom stereocenters. The first-order chi connectivity index (χ1) is 16.9. The molecule has 35 heavy (non-hydrogen) atoms. The predicted molar refractivity (Wildman–Crippen MR) is 141 cm³/mol. The van der Waals surface area contributed by atoms with Crippen LogP contribution in [0.25, 0.3) is 0 Å². The first kappa shape index (κ1) is 23.6. The van der Waals surface area contributed by atoms with Gasteiger partial charge in [-0.2, -0.15) is 5.10 Å². The number of carbonyl (C=O) groups excluding carboxylic acids is 2. The number of halogens is 2. The Kier molecular flexibility index (Phi) is 6.65. The first-order valence-corrected chi connectivity index (χ1v) is 12.6. The topological polar surface area (TPSA) is 76.8 Å². The summed E-state index contributed by atoms with van der Waals surface area (Å²) in [7, 11) is 0. The van der Waals surface area contributed by atoms with Gasteiger partial charge in [0.15, 0.2) is 5.17 Å². The van der Waals surface area contributed by atoms with Crippen LogP contribution in [0.1, 0.15) is 30.0 Å². The minimum atomic E-state index is -0.725. The zero-order valence-electron chi connectivity index (χ0n) is 18.4. The zero-order chi connectivity index (χ0) is 24.5. The van der Waals surface area contributed by atoms with Crippen LogP contribution in [0.2, 0.25) is 10.0 Å². The van der Waals surface area contributed by atoms with E-state index in [2.05, 4.69) is 0 Å². The molecule has 3 aromatic rings. The van der Waals surface area contributed by atoms with Gasteiger partial charge < -0.3 is 0 Å². The Bertz CT molecular complexity index is 1330. The minimum absolute atomic E-state index is 0.00870. The quantitative estimate of drug-likeness (QED) is 0.253. The summed E-state index contributed by atoms with van der Waals surface area (Å²) in [5.41, 5.74) is 3.26.